The zero-order valence-corrected chi connectivity index (χ0v) is 7.80. The second-order valence-corrected chi connectivity index (χ2v) is 2.87. The largest absolute Gasteiger partial charge is 0.0991 e. The molecule has 0 nitrogen and oxygen atoms in total. The molecule has 0 aliphatic rings. The van der Waals surface area contributed by atoms with Crippen LogP contribution in [0.4, 0.5) is 0 Å². The van der Waals surface area contributed by atoms with E-state index in [1.54, 1.807) is 0 Å². The predicted molar refractivity (Wildman–Crippen MR) is 52.5 cm³/mol. The Morgan fingerprint density at radius 1 is 1.45 bits per heavy atom. The van der Waals surface area contributed by atoms with Gasteiger partial charge in [0.05, 0.1) is 0 Å². The van der Waals surface area contributed by atoms with Crippen LogP contribution in [-0.4, -0.2) is 0 Å². The maximum absolute atomic E-state index is 3.68. The highest BCUT2D eigenvalue weighted by Gasteiger charge is 1.95. The molecule has 0 heterocycles. The van der Waals surface area contributed by atoms with Crippen molar-refractivity contribution in [3.63, 3.8) is 0 Å². The van der Waals surface area contributed by atoms with Gasteiger partial charge < -0.3 is 0 Å². The number of rotatable bonds is 4. The van der Waals surface area contributed by atoms with Crippen LogP contribution in [0.15, 0.2) is 36.5 Å². The highest BCUT2D eigenvalue weighted by atomic mass is 14.0. The maximum atomic E-state index is 3.68. The van der Waals surface area contributed by atoms with E-state index in [0.29, 0.717) is 5.92 Å². The van der Waals surface area contributed by atoms with Crippen molar-refractivity contribution in [1.82, 2.24) is 0 Å². The summed E-state index contributed by atoms with van der Waals surface area (Å²) in [5.74, 6) is 0.593. The molecule has 0 bridgehead atoms. The highest BCUT2D eigenvalue weighted by Crippen LogP contribution is 2.11. The van der Waals surface area contributed by atoms with Crippen LogP contribution < -0.4 is 0 Å². The average Bonchev–Trinajstić information content (AvgIpc) is 1.97. The van der Waals surface area contributed by atoms with Gasteiger partial charge in [0.15, 0.2) is 0 Å². The van der Waals surface area contributed by atoms with Crippen molar-refractivity contribution < 1.29 is 0 Å². The zero-order chi connectivity index (χ0) is 8.69. The SMILES string of the molecule is C=C/C=C(\C=C/CC)C(C)C. The van der Waals surface area contributed by atoms with Gasteiger partial charge in [-0.3, -0.25) is 0 Å². The lowest BCUT2D eigenvalue weighted by Crippen LogP contribution is -1.89. The van der Waals surface area contributed by atoms with E-state index in [-0.39, 0.29) is 0 Å². The molecular weight excluding hydrogens is 132 g/mol. The van der Waals surface area contributed by atoms with E-state index in [2.05, 4.69) is 45.6 Å². The molecule has 0 rings (SSSR count). The Balaban J connectivity index is 4.22. The van der Waals surface area contributed by atoms with E-state index in [9.17, 15) is 0 Å². The minimum atomic E-state index is 0.593. The first-order valence-corrected chi connectivity index (χ1v) is 4.21. The molecule has 0 unspecified atom stereocenters. The summed E-state index contributed by atoms with van der Waals surface area (Å²) in [5, 5.41) is 0. The molecule has 0 aromatic heterocycles. The van der Waals surface area contributed by atoms with Crippen molar-refractivity contribution in [3.8, 4) is 0 Å². The number of hydrogen-bond acceptors (Lipinski definition) is 0. The van der Waals surface area contributed by atoms with Crippen molar-refractivity contribution in [2.24, 2.45) is 5.92 Å². The molecule has 0 aliphatic carbocycles. The second kappa shape index (κ2) is 5.96. The van der Waals surface area contributed by atoms with Gasteiger partial charge in [0.1, 0.15) is 0 Å². The molecule has 0 N–H and O–H groups in total. The summed E-state index contributed by atoms with van der Waals surface area (Å²) in [4.78, 5) is 0. The van der Waals surface area contributed by atoms with Crippen LogP contribution in [0.2, 0.25) is 0 Å². The van der Waals surface area contributed by atoms with E-state index in [1.807, 2.05) is 6.08 Å². The summed E-state index contributed by atoms with van der Waals surface area (Å²) in [7, 11) is 0. The monoisotopic (exact) mass is 150 g/mol. The third-order valence-corrected chi connectivity index (χ3v) is 1.52. The minimum Gasteiger partial charge on any atom is -0.0991 e. The first-order chi connectivity index (χ1) is 5.22. The molecule has 0 aromatic carbocycles. The molecule has 0 saturated heterocycles. The Morgan fingerprint density at radius 3 is 2.45 bits per heavy atom. The molecule has 0 saturated carbocycles. The smallest absolute Gasteiger partial charge is 0.0219 e. The van der Waals surface area contributed by atoms with Crippen LogP contribution in [0, 0.1) is 5.92 Å². The van der Waals surface area contributed by atoms with E-state index >= 15 is 0 Å². The molecule has 0 radical (unpaired) electrons. The second-order valence-electron chi connectivity index (χ2n) is 2.87. The van der Waals surface area contributed by atoms with Crippen LogP contribution >= 0.6 is 0 Å². The molecule has 62 valence electrons. The summed E-state index contributed by atoms with van der Waals surface area (Å²) in [6, 6.07) is 0. The van der Waals surface area contributed by atoms with Crippen molar-refractivity contribution in [1.29, 1.82) is 0 Å². The van der Waals surface area contributed by atoms with Gasteiger partial charge in [0.25, 0.3) is 0 Å². The van der Waals surface area contributed by atoms with Gasteiger partial charge in [-0.05, 0) is 17.9 Å². The molecule has 0 amide bonds. The Labute approximate surface area is 70.3 Å². The number of allylic oxidation sites excluding steroid dienone is 5. The standard InChI is InChI=1S/C11H18/c1-5-7-9-11(8-6-2)10(3)4/h6-10H,2,5H2,1,3-4H3/b9-7-,11-8+. The Bertz CT molecular complexity index is 159. The quantitative estimate of drug-likeness (QED) is 0.536. The molecule has 11 heavy (non-hydrogen) atoms. The normalized spacial score (nSPS) is 12.9. The third-order valence-electron chi connectivity index (χ3n) is 1.52. The van der Waals surface area contributed by atoms with Crippen LogP contribution in [0.5, 0.6) is 0 Å². The van der Waals surface area contributed by atoms with Crippen LogP contribution in [0.1, 0.15) is 27.2 Å². The van der Waals surface area contributed by atoms with Gasteiger partial charge in [-0.25, -0.2) is 0 Å². The van der Waals surface area contributed by atoms with Crippen LogP contribution in [0.25, 0.3) is 0 Å². The summed E-state index contributed by atoms with van der Waals surface area (Å²) < 4.78 is 0. The lowest BCUT2D eigenvalue weighted by Gasteiger charge is -2.03. The van der Waals surface area contributed by atoms with E-state index in [4.69, 9.17) is 0 Å². The fourth-order valence-electron chi connectivity index (χ4n) is 0.830. The van der Waals surface area contributed by atoms with Crippen LogP contribution in [0.3, 0.4) is 0 Å². The van der Waals surface area contributed by atoms with Crippen molar-refractivity contribution in [3.05, 3.63) is 36.5 Å². The zero-order valence-electron chi connectivity index (χ0n) is 7.80. The maximum Gasteiger partial charge on any atom is -0.0219 e. The lowest BCUT2D eigenvalue weighted by atomic mass is 10.0. The molecule has 0 aromatic rings. The molecule has 0 heteroatoms. The summed E-state index contributed by atoms with van der Waals surface area (Å²) in [5.41, 5.74) is 1.35. The van der Waals surface area contributed by atoms with E-state index in [1.165, 1.54) is 5.57 Å². The van der Waals surface area contributed by atoms with Gasteiger partial charge in [-0.1, -0.05) is 51.7 Å². The molecule has 0 fully saturated rings. The fraction of sp³-hybridized carbons (Fsp3) is 0.455. The molecule has 0 aliphatic heterocycles. The lowest BCUT2D eigenvalue weighted by molar-refractivity contribution is 0.791. The van der Waals surface area contributed by atoms with Gasteiger partial charge in [0.2, 0.25) is 0 Å². The Kier molecular flexibility index (Phi) is 5.54. The number of hydrogen-bond donors (Lipinski definition) is 0. The summed E-state index contributed by atoms with van der Waals surface area (Å²) in [6.07, 6.45) is 9.36. The molecule has 0 atom stereocenters. The average molecular weight is 150 g/mol. The Hall–Kier alpha value is -0.780. The Morgan fingerprint density at radius 2 is 2.09 bits per heavy atom. The summed E-state index contributed by atoms with van der Waals surface area (Å²) >= 11 is 0. The van der Waals surface area contributed by atoms with Crippen LogP contribution in [-0.2, 0) is 0 Å². The van der Waals surface area contributed by atoms with Gasteiger partial charge >= 0.3 is 0 Å². The highest BCUT2D eigenvalue weighted by molar-refractivity contribution is 5.24. The van der Waals surface area contributed by atoms with E-state index < -0.39 is 0 Å². The molecular formula is C11H18. The first-order valence-electron chi connectivity index (χ1n) is 4.21. The van der Waals surface area contributed by atoms with E-state index in [0.717, 1.165) is 6.42 Å². The topological polar surface area (TPSA) is 0 Å². The van der Waals surface area contributed by atoms with Gasteiger partial charge in [-0.2, -0.15) is 0 Å². The van der Waals surface area contributed by atoms with Crippen molar-refractivity contribution >= 4 is 0 Å². The van der Waals surface area contributed by atoms with Gasteiger partial charge in [0, 0.05) is 0 Å². The fourth-order valence-corrected chi connectivity index (χ4v) is 0.830. The van der Waals surface area contributed by atoms with Crippen molar-refractivity contribution in [2.45, 2.75) is 27.2 Å². The van der Waals surface area contributed by atoms with Gasteiger partial charge in [-0.15, -0.1) is 0 Å². The third kappa shape index (κ3) is 4.60. The predicted octanol–water partition coefficient (Wildman–Crippen LogP) is 3.72. The van der Waals surface area contributed by atoms with Crippen molar-refractivity contribution in [2.75, 3.05) is 0 Å². The minimum absolute atomic E-state index is 0.593. The summed E-state index contributed by atoms with van der Waals surface area (Å²) in [6.45, 7) is 10.2. The first kappa shape index (κ1) is 10.2. The molecule has 0 spiro atoms.